The number of para-hydroxylation sites is 1. The van der Waals surface area contributed by atoms with E-state index in [1.807, 2.05) is 25.1 Å². The van der Waals surface area contributed by atoms with Gasteiger partial charge in [-0.15, -0.1) is 0 Å². The predicted molar refractivity (Wildman–Crippen MR) is 95.1 cm³/mol. The summed E-state index contributed by atoms with van der Waals surface area (Å²) >= 11 is 0. The zero-order chi connectivity index (χ0) is 17.9. The van der Waals surface area contributed by atoms with Crippen molar-refractivity contribution in [2.24, 2.45) is 0 Å². The van der Waals surface area contributed by atoms with Gasteiger partial charge in [0.05, 0.1) is 18.1 Å². The Morgan fingerprint density at radius 2 is 2.12 bits per heavy atom. The molecule has 24 heavy (non-hydrogen) atoms. The molecule has 2 rings (SSSR count). The molecule has 2 N–H and O–H groups in total. The molecule has 1 aliphatic rings. The van der Waals surface area contributed by atoms with Crippen LogP contribution >= 0.6 is 0 Å². The van der Waals surface area contributed by atoms with E-state index in [0.29, 0.717) is 6.42 Å². The van der Waals surface area contributed by atoms with Gasteiger partial charge in [0.2, 0.25) is 0 Å². The van der Waals surface area contributed by atoms with Crippen LogP contribution in [-0.2, 0) is 9.84 Å². The lowest BCUT2D eigenvalue weighted by molar-refractivity contribution is 0.168. The van der Waals surface area contributed by atoms with Crippen LogP contribution in [0.4, 0.5) is 10.5 Å². The molecule has 1 heterocycles. The van der Waals surface area contributed by atoms with Crippen LogP contribution in [-0.4, -0.2) is 55.2 Å². The van der Waals surface area contributed by atoms with Gasteiger partial charge in [-0.2, -0.15) is 0 Å². The van der Waals surface area contributed by atoms with Gasteiger partial charge in [0.1, 0.15) is 0 Å². The minimum Gasteiger partial charge on any atom is -0.395 e. The number of aliphatic hydroxyl groups is 1. The fourth-order valence-corrected chi connectivity index (χ4v) is 4.83. The molecule has 1 fully saturated rings. The van der Waals surface area contributed by atoms with Crippen molar-refractivity contribution in [3.8, 4) is 0 Å². The highest BCUT2D eigenvalue weighted by Crippen LogP contribution is 2.28. The summed E-state index contributed by atoms with van der Waals surface area (Å²) in [6.07, 6.45) is 0.417. The fraction of sp³-hybridized carbons (Fsp3) is 0.588. The van der Waals surface area contributed by atoms with Crippen LogP contribution in [0.3, 0.4) is 0 Å². The first-order valence-electron chi connectivity index (χ1n) is 8.23. The molecule has 1 aliphatic heterocycles. The number of benzene rings is 1. The Labute approximate surface area is 143 Å². The maximum Gasteiger partial charge on any atom is 0.322 e. The van der Waals surface area contributed by atoms with E-state index in [-0.39, 0.29) is 42.6 Å². The average Bonchev–Trinajstić information content (AvgIpc) is 2.86. The van der Waals surface area contributed by atoms with Gasteiger partial charge in [-0.1, -0.05) is 32.0 Å². The zero-order valence-electron chi connectivity index (χ0n) is 14.4. The van der Waals surface area contributed by atoms with Crippen LogP contribution in [0.5, 0.6) is 0 Å². The normalized spacial score (nSPS) is 19.5. The van der Waals surface area contributed by atoms with Crippen LogP contribution in [0.2, 0.25) is 0 Å². The van der Waals surface area contributed by atoms with Crippen LogP contribution < -0.4 is 5.32 Å². The molecule has 0 spiro atoms. The number of rotatable bonds is 5. The Morgan fingerprint density at radius 1 is 1.42 bits per heavy atom. The number of amides is 2. The lowest BCUT2D eigenvalue weighted by Crippen LogP contribution is -2.45. The maximum atomic E-state index is 12.7. The molecular weight excluding hydrogens is 328 g/mol. The second-order valence-electron chi connectivity index (χ2n) is 6.60. The van der Waals surface area contributed by atoms with Crippen LogP contribution in [0.1, 0.15) is 37.3 Å². The van der Waals surface area contributed by atoms with Crippen molar-refractivity contribution in [1.82, 2.24) is 4.90 Å². The van der Waals surface area contributed by atoms with Crippen molar-refractivity contribution < 1.29 is 18.3 Å². The first kappa shape index (κ1) is 18.7. The number of hydrogen-bond acceptors (Lipinski definition) is 4. The molecule has 0 saturated carbocycles. The SMILES string of the molecule is Cc1cccc(C(C)C)c1NC(=O)N(CCO)[C@@H]1CCS(=O)(=O)C1. The monoisotopic (exact) mass is 354 g/mol. The van der Waals surface area contributed by atoms with Gasteiger partial charge in [-0.25, -0.2) is 13.2 Å². The van der Waals surface area contributed by atoms with Crippen molar-refractivity contribution >= 4 is 21.6 Å². The van der Waals surface area contributed by atoms with Gasteiger partial charge < -0.3 is 15.3 Å². The number of aryl methyl sites for hydroxylation is 1. The lowest BCUT2D eigenvalue weighted by Gasteiger charge is -2.29. The molecule has 0 aromatic heterocycles. The van der Waals surface area contributed by atoms with Gasteiger partial charge >= 0.3 is 6.03 Å². The summed E-state index contributed by atoms with van der Waals surface area (Å²) in [6, 6.07) is 5.12. The Kier molecular flexibility index (Phi) is 5.87. The third kappa shape index (κ3) is 4.27. The third-order valence-electron chi connectivity index (χ3n) is 4.41. The highest BCUT2D eigenvalue weighted by atomic mass is 32.2. The van der Waals surface area contributed by atoms with Crippen LogP contribution in [0.25, 0.3) is 0 Å². The number of carbonyl (C=O) groups excluding carboxylic acids is 1. The van der Waals surface area contributed by atoms with Crippen molar-refractivity contribution in [3.05, 3.63) is 29.3 Å². The number of carbonyl (C=O) groups is 1. The minimum atomic E-state index is -3.10. The molecule has 1 aromatic carbocycles. The van der Waals surface area contributed by atoms with Gasteiger partial charge in [0, 0.05) is 18.3 Å². The van der Waals surface area contributed by atoms with Gasteiger partial charge in [-0.05, 0) is 30.4 Å². The highest BCUT2D eigenvalue weighted by molar-refractivity contribution is 7.91. The molecule has 6 nitrogen and oxygen atoms in total. The van der Waals surface area contributed by atoms with E-state index in [4.69, 9.17) is 0 Å². The van der Waals surface area contributed by atoms with Crippen molar-refractivity contribution in [3.63, 3.8) is 0 Å². The Balaban J connectivity index is 2.23. The average molecular weight is 354 g/mol. The number of aliphatic hydroxyl groups excluding tert-OH is 1. The summed E-state index contributed by atoms with van der Waals surface area (Å²) in [6.45, 7) is 5.96. The molecule has 7 heteroatoms. The standard InChI is InChI=1S/C17H26N2O4S/c1-12(2)15-6-4-5-13(3)16(15)18-17(21)19(8-9-20)14-7-10-24(22,23)11-14/h4-6,12,14,20H,7-11H2,1-3H3,(H,18,21)/t14-/m1/s1. The van der Waals surface area contributed by atoms with Crippen molar-refractivity contribution in [2.45, 2.75) is 39.2 Å². The first-order chi connectivity index (χ1) is 11.2. The summed E-state index contributed by atoms with van der Waals surface area (Å²) in [5, 5.41) is 12.2. The van der Waals surface area contributed by atoms with E-state index in [1.165, 1.54) is 4.90 Å². The Morgan fingerprint density at radius 3 is 2.67 bits per heavy atom. The number of nitrogens with one attached hydrogen (secondary N) is 1. The predicted octanol–water partition coefficient (Wildman–Crippen LogP) is 2.13. The second kappa shape index (κ2) is 7.53. The number of anilines is 1. The smallest absolute Gasteiger partial charge is 0.322 e. The molecular formula is C17H26N2O4S. The van der Waals surface area contributed by atoms with Crippen molar-refractivity contribution in [2.75, 3.05) is 30.0 Å². The van der Waals surface area contributed by atoms with E-state index in [1.54, 1.807) is 0 Å². The number of nitrogens with zero attached hydrogens (tertiary/aromatic N) is 1. The number of urea groups is 1. The molecule has 2 amide bonds. The largest absolute Gasteiger partial charge is 0.395 e. The van der Waals surface area contributed by atoms with Gasteiger partial charge in [0.25, 0.3) is 0 Å². The van der Waals surface area contributed by atoms with E-state index < -0.39 is 9.84 Å². The first-order valence-corrected chi connectivity index (χ1v) is 10.1. The van der Waals surface area contributed by atoms with Crippen LogP contribution in [0.15, 0.2) is 18.2 Å². The second-order valence-corrected chi connectivity index (χ2v) is 8.83. The zero-order valence-corrected chi connectivity index (χ0v) is 15.3. The lowest BCUT2D eigenvalue weighted by atomic mass is 9.98. The quantitative estimate of drug-likeness (QED) is 0.848. The Hall–Kier alpha value is -1.60. The van der Waals surface area contributed by atoms with Gasteiger partial charge in [0.15, 0.2) is 9.84 Å². The maximum absolute atomic E-state index is 12.7. The third-order valence-corrected chi connectivity index (χ3v) is 6.16. The topological polar surface area (TPSA) is 86.7 Å². The van der Waals surface area contributed by atoms with Crippen molar-refractivity contribution in [1.29, 1.82) is 0 Å². The van der Waals surface area contributed by atoms with Gasteiger partial charge in [-0.3, -0.25) is 0 Å². The Bertz CT molecular complexity index is 701. The summed E-state index contributed by atoms with van der Waals surface area (Å²) in [4.78, 5) is 14.2. The summed E-state index contributed by atoms with van der Waals surface area (Å²) in [5.74, 6) is 0.304. The molecule has 1 aromatic rings. The molecule has 0 aliphatic carbocycles. The molecule has 0 unspecified atom stereocenters. The van der Waals surface area contributed by atoms with E-state index in [9.17, 15) is 18.3 Å². The minimum absolute atomic E-state index is 0.0365. The molecule has 0 bridgehead atoms. The van der Waals surface area contributed by atoms with E-state index in [0.717, 1.165) is 16.8 Å². The number of hydrogen-bond donors (Lipinski definition) is 2. The van der Waals surface area contributed by atoms with Crippen LogP contribution in [0, 0.1) is 6.92 Å². The van der Waals surface area contributed by atoms with E-state index >= 15 is 0 Å². The fourth-order valence-electron chi connectivity index (χ4n) is 3.10. The molecule has 1 atom stereocenters. The molecule has 1 saturated heterocycles. The highest BCUT2D eigenvalue weighted by Gasteiger charge is 2.34. The molecule has 134 valence electrons. The van der Waals surface area contributed by atoms with E-state index in [2.05, 4.69) is 19.2 Å². The number of sulfone groups is 1. The summed E-state index contributed by atoms with van der Waals surface area (Å²) in [5.41, 5.74) is 2.75. The summed E-state index contributed by atoms with van der Waals surface area (Å²) < 4.78 is 23.4. The molecule has 0 radical (unpaired) electrons. The summed E-state index contributed by atoms with van der Waals surface area (Å²) in [7, 11) is -3.10.